The van der Waals surface area contributed by atoms with Crippen molar-refractivity contribution < 1.29 is 9.59 Å². The van der Waals surface area contributed by atoms with E-state index in [0.29, 0.717) is 13.1 Å². The van der Waals surface area contributed by atoms with Gasteiger partial charge in [0.05, 0.1) is 6.54 Å². The fourth-order valence-corrected chi connectivity index (χ4v) is 2.13. The van der Waals surface area contributed by atoms with Crippen LogP contribution in [0, 0.1) is 0 Å². The molecule has 0 aromatic heterocycles. The normalized spacial score (nSPS) is 16.6. The van der Waals surface area contributed by atoms with E-state index in [2.05, 4.69) is 5.32 Å². The number of rotatable bonds is 4. The first-order chi connectivity index (χ1) is 9.09. The third kappa shape index (κ3) is 3.12. The second-order valence-electron chi connectivity index (χ2n) is 4.78. The van der Waals surface area contributed by atoms with Gasteiger partial charge in [-0.1, -0.05) is 30.3 Å². The van der Waals surface area contributed by atoms with E-state index >= 15 is 0 Å². The van der Waals surface area contributed by atoms with Crippen molar-refractivity contribution in [2.24, 2.45) is 0 Å². The highest BCUT2D eigenvalue weighted by atomic mass is 16.2. The molecule has 3 amide bonds. The van der Waals surface area contributed by atoms with Crippen molar-refractivity contribution in [1.29, 1.82) is 0 Å². The molecule has 1 N–H and O–H groups in total. The van der Waals surface area contributed by atoms with Gasteiger partial charge in [-0.05, 0) is 19.5 Å². The average molecular weight is 261 g/mol. The summed E-state index contributed by atoms with van der Waals surface area (Å²) in [6.45, 7) is 3.30. The third-order valence-electron chi connectivity index (χ3n) is 3.49. The molecule has 0 bridgehead atoms. The van der Waals surface area contributed by atoms with Crippen LogP contribution < -0.4 is 5.32 Å². The zero-order valence-corrected chi connectivity index (χ0v) is 11.3. The zero-order valence-electron chi connectivity index (χ0n) is 11.3. The summed E-state index contributed by atoms with van der Waals surface area (Å²) in [6.07, 6.45) is 0. The van der Waals surface area contributed by atoms with Crippen molar-refractivity contribution >= 4 is 11.9 Å². The molecule has 1 heterocycles. The average Bonchev–Trinajstić information content (AvgIpc) is 2.85. The van der Waals surface area contributed by atoms with Gasteiger partial charge in [-0.3, -0.25) is 14.6 Å². The molecule has 1 fully saturated rings. The summed E-state index contributed by atoms with van der Waals surface area (Å²) in [5, 5.41) is 2.63. The maximum atomic E-state index is 12.0. The molecule has 1 atom stereocenters. The van der Waals surface area contributed by atoms with Crippen LogP contribution in [0.4, 0.5) is 4.79 Å². The Morgan fingerprint density at radius 1 is 1.42 bits per heavy atom. The lowest BCUT2D eigenvalue weighted by Gasteiger charge is -2.25. The number of carbonyl (C=O) groups is 2. The predicted molar refractivity (Wildman–Crippen MR) is 72.6 cm³/mol. The first-order valence-corrected chi connectivity index (χ1v) is 6.43. The number of nitrogens with one attached hydrogen (secondary N) is 1. The lowest BCUT2D eigenvalue weighted by molar-refractivity contribution is -0.128. The third-order valence-corrected chi connectivity index (χ3v) is 3.49. The summed E-state index contributed by atoms with van der Waals surface area (Å²) in [6, 6.07) is 9.85. The van der Waals surface area contributed by atoms with Crippen LogP contribution in [0.5, 0.6) is 0 Å². The van der Waals surface area contributed by atoms with Crippen LogP contribution in [-0.4, -0.2) is 48.4 Å². The van der Waals surface area contributed by atoms with Crippen LogP contribution in [0.25, 0.3) is 0 Å². The molecule has 0 radical (unpaired) electrons. The molecule has 1 aromatic carbocycles. The Kier molecular flexibility index (Phi) is 4.16. The molecular formula is C14H19N3O2. The smallest absolute Gasteiger partial charge is 0.324 e. The van der Waals surface area contributed by atoms with Gasteiger partial charge in [-0.2, -0.15) is 0 Å². The monoisotopic (exact) mass is 261 g/mol. The number of carbonyl (C=O) groups excluding carboxylic acids is 2. The summed E-state index contributed by atoms with van der Waals surface area (Å²) in [4.78, 5) is 26.7. The van der Waals surface area contributed by atoms with Gasteiger partial charge in [0.25, 0.3) is 0 Å². The molecule has 102 valence electrons. The molecule has 1 aromatic rings. The molecule has 2 rings (SSSR count). The molecule has 1 saturated heterocycles. The minimum Gasteiger partial charge on any atom is -0.336 e. The summed E-state index contributed by atoms with van der Waals surface area (Å²) >= 11 is 0. The summed E-state index contributed by atoms with van der Waals surface area (Å²) in [5.74, 6) is -0.153. The molecule has 5 heteroatoms. The minimum atomic E-state index is -0.286. The molecule has 5 nitrogen and oxygen atoms in total. The van der Waals surface area contributed by atoms with Crippen molar-refractivity contribution in [2.45, 2.75) is 13.0 Å². The van der Waals surface area contributed by atoms with E-state index in [-0.39, 0.29) is 24.5 Å². The molecule has 1 aliphatic rings. The van der Waals surface area contributed by atoms with Gasteiger partial charge in [0.15, 0.2) is 0 Å². The Morgan fingerprint density at radius 2 is 2.11 bits per heavy atom. The molecule has 1 aliphatic heterocycles. The Balaban J connectivity index is 1.95. The first kappa shape index (κ1) is 13.5. The molecular weight excluding hydrogens is 242 g/mol. The SMILES string of the molecule is C[C@H](c1ccccc1)N(C)CC(=O)N1CCNC1=O. The van der Waals surface area contributed by atoms with Crippen LogP contribution in [0.1, 0.15) is 18.5 Å². The Bertz CT molecular complexity index is 461. The second-order valence-corrected chi connectivity index (χ2v) is 4.78. The largest absolute Gasteiger partial charge is 0.336 e. The standard InChI is InChI=1S/C14H19N3O2/c1-11(12-6-4-3-5-7-12)16(2)10-13(18)17-9-8-15-14(17)19/h3-7,11H,8-10H2,1-2H3,(H,15,19)/t11-/m1/s1. The number of hydrogen-bond acceptors (Lipinski definition) is 3. The highest BCUT2D eigenvalue weighted by molar-refractivity contribution is 5.96. The molecule has 0 unspecified atom stereocenters. The number of amides is 3. The lowest BCUT2D eigenvalue weighted by atomic mass is 10.1. The topological polar surface area (TPSA) is 52.7 Å². The Labute approximate surface area is 113 Å². The van der Waals surface area contributed by atoms with Crippen molar-refractivity contribution in [3.8, 4) is 0 Å². The van der Waals surface area contributed by atoms with Crippen molar-refractivity contribution in [1.82, 2.24) is 15.1 Å². The lowest BCUT2D eigenvalue weighted by Crippen LogP contribution is -2.41. The highest BCUT2D eigenvalue weighted by Crippen LogP contribution is 2.18. The van der Waals surface area contributed by atoms with Crippen molar-refractivity contribution in [2.75, 3.05) is 26.7 Å². The van der Waals surface area contributed by atoms with E-state index in [0.717, 1.165) is 5.56 Å². The van der Waals surface area contributed by atoms with E-state index in [4.69, 9.17) is 0 Å². The van der Waals surface area contributed by atoms with Crippen LogP contribution in [-0.2, 0) is 4.79 Å². The van der Waals surface area contributed by atoms with Crippen LogP contribution in [0.2, 0.25) is 0 Å². The predicted octanol–water partition coefficient (Wildman–Crippen LogP) is 1.23. The van der Waals surface area contributed by atoms with E-state index in [9.17, 15) is 9.59 Å². The van der Waals surface area contributed by atoms with E-state index in [1.807, 2.05) is 49.2 Å². The molecule has 19 heavy (non-hydrogen) atoms. The van der Waals surface area contributed by atoms with Crippen LogP contribution in [0.3, 0.4) is 0 Å². The summed E-state index contributed by atoms with van der Waals surface area (Å²) in [7, 11) is 1.89. The summed E-state index contributed by atoms with van der Waals surface area (Å²) < 4.78 is 0. The van der Waals surface area contributed by atoms with E-state index in [1.165, 1.54) is 4.90 Å². The van der Waals surface area contributed by atoms with Gasteiger partial charge in [0.2, 0.25) is 5.91 Å². The van der Waals surface area contributed by atoms with Gasteiger partial charge in [0.1, 0.15) is 0 Å². The van der Waals surface area contributed by atoms with Crippen LogP contribution in [0.15, 0.2) is 30.3 Å². The van der Waals surface area contributed by atoms with Crippen molar-refractivity contribution in [3.05, 3.63) is 35.9 Å². The molecule has 0 aliphatic carbocycles. The Morgan fingerprint density at radius 3 is 2.68 bits per heavy atom. The minimum absolute atomic E-state index is 0.135. The maximum Gasteiger partial charge on any atom is 0.324 e. The number of imide groups is 1. The van der Waals surface area contributed by atoms with E-state index < -0.39 is 0 Å². The zero-order chi connectivity index (χ0) is 13.8. The molecule has 0 spiro atoms. The van der Waals surface area contributed by atoms with E-state index in [1.54, 1.807) is 0 Å². The fourth-order valence-electron chi connectivity index (χ4n) is 2.13. The quantitative estimate of drug-likeness (QED) is 0.887. The number of nitrogens with zero attached hydrogens (tertiary/aromatic N) is 2. The van der Waals surface area contributed by atoms with Gasteiger partial charge in [-0.25, -0.2) is 4.79 Å². The van der Waals surface area contributed by atoms with Gasteiger partial charge in [-0.15, -0.1) is 0 Å². The van der Waals surface area contributed by atoms with Crippen molar-refractivity contribution in [3.63, 3.8) is 0 Å². The first-order valence-electron chi connectivity index (χ1n) is 6.43. The number of hydrogen-bond donors (Lipinski definition) is 1. The molecule has 0 saturated carbocycles. The summed E-state index contributed by atoms with van der Waals surface area (Å²) in [5.41, 5.74) is 1.16. The van der Waals surface area contributed by atoms with Gasteiger partial charge in [0, 0.05) is 19.1 Å². The van der Waals surface area contributed by atoms with Gasteiger partial charge < -0.3 is 5.32 Å². The second kappa shape index (κ2) is 5.84. The van der Waals surface area contributed by atoms with Crippen LogP contribution >= 0.6 is 0 Å². The van der Waals surface area contributed by atoms with Gasteiger partial charge >= 0.3 is 6.03 Å². The fraction of sp³-hybridized carbons (Fsp3) is 0.429. The Hall–Kier alpha value is -1.88. The highest BCUT2D eigenvalue weighted by Gasteiger charge is 2.27. The number of benzene rings is 1. The number of urea groups is 1. The maximum absolute atomic E-state index is 12.0. The number of likely N-dealkylation sites (N-methyl/N-ethyl adjacent to an activating group) is 1.